The van der Waals surface area contributed by atoms with Crippen molar-refractivity contribution in [2.24, 2.45) is 0 Å². The second-order valence-electron chi connectivity index (χ2n) is 4.83. The molecule has 0 aromatic heterocycles. The first-order valence-corrected chi connectivity index (χ1v) is 8.48. The number of aliphatic hydroxyl groups excluding tert-OH is 1. The van der Waals surface area contributed by atoms with Gasteiger partial charge in [-0.1, -0.05) is 30.3 Å². The summed E-state index contributed by atoms with van der Waals surface area (Å²) in [6.45, 7) is 0.316. The van der Waals surface area contributed by atoms with E-state index >= 15 is 0 Å². The number of hydrogen-bond donors (Lipinski definition) is 2. The fraction of sp³-hybridized carbons (Fsp3) is 0.250. The van der Waals surface area contributed by atoms with Crippen LogP contribution in [-0.4, -0.2) is 26.7 Å². The number of hydrogen-bond acceptors (Lipinski definition) is 3. The minimum atomic E-state index is -3.58. The van der Waals surface area contributed by atoms with Gasteiger partial charge in [0.15, 0.2) is 0 Å². The number of benzene rings is 2. The van der Waals surface area contributed by atoms with E-state index in [-0.39, 0.29) is 23.9 Å². The Morgan fingerprint density at radius 1 is 1.00 bits per heavy atom. The molecule has 2 N–H and O–H groups in total. The quantitative estimate of drug-likeness (QED) is 0.770. The van der Waals surface area contributed by atoms with Crippen molar-refractivity contribution >= 4 is 10.0 Å². The Bertz CT molecular complexity index is 714. The molecule has 0 bridgehead atoms. The Hall–Kier alpha value is -1.76. The van der Waals surface area contributed by atoms with Gasteiger partial charge in [-0.2, -0.15) is 0 Å². The van der Waals surface area contributed by atoms with Crippen molar-refractivity contribution in [2.75, 3.05) is 13.2 Å². The predicted octanol–water partition coefficient (Wildman–Crippen LogP) is 2.54. The highest BCUT2D eigenvalue weighted by atomic mass is 32.2. The van der Waals surface area contributed by atoms with E-state index in [4.69, 9.17) is 5.11 Å². The van der Waals surface area contributed by atoms with Crippen molar-refractivity contribution < 1.29 is 17.9 Å². The SMILES string of the molecule is O=S(=O)(NCCCCO)c1ccc(-c2ccccc2F)cc1. The summed E-state index contributed by atoms with van der Waals surface area (Å²) in [6, 6.07) is 12.4. The molecular weight excluding hydrogens is 305 g/mol. The van der Waals surface area contributed by atoms with Gasteiger partial charge in [-0.25, -0.2) is 17.5 Å². The van der Waals surface area contributed by atoms with Crippen LogP contribution in [0, 0.1) is 5.82 Å². The highest BCUT2D eigenvalue weighted by Gasteiger charge is 2.13. The van der Waals surface area contributed by atoms with Gasteiger partial charge in [0.2, 0.25) is 10.0 Å². The Morgan fingerprint density at radius 3 is 2.32 bits per heavy atom. The Labute approximate surface area is 129 Å². The Morgan fingerprint density at radius 2 is 1.68 bits per heavy atom. The molecule has 0 fully saturated rings. The molecule has 0 amide bonds. The number of aliphatic hydroxyl groups is 1. The molecule has 0 atom stereocenters. The second-order valence-corrected chi connectivity index (χ2v) is 6.60. The highest BCUT2D eigenvalue weighted by Crippen LogP contribution is 2.23. The van der Waals surface area contributed by atoms with Crippen molar-refractivity contribution in [3.63, 3.8) is 0 Å². The summed E-state index contributed by atoms with van der Waals surface area (Å²) in [5, 5.41) is 8.67. The number of rotatable bonds is 7. The lowest BCUT2D eigenvalue weighted by atomic mass is 10.1. The molecule has 2 aromatic carbocycles. The van der Waals surface area contributed by atoms with Gasteiger partial charge in [0, 0.05) is 18.7 Å². The molecule has 0 heterocycles. The zero-order valence-corrected chi connectivity index (χ0v) is 12.8. The van der Waals surface area contributed by atoms with Gasteiger partial charge in [0.05, 0.1) is 4.90 Å². The van der Waals surface area contributed by atoms with Crippen molar-refractivity contribution in [1.29, 1.82) is 0 Å². The van der Waals surface area contributed by atoms with Crippen LogP contribution in [0.3, 0.4) is 0 Å². The first kappa shape index (κ1) is 16.6. The van der Waals surface area contributed by atoms with Gasteiger partial charge in [-0.15, -0.1) is 0 Å². The molecule has 0 unspecified atom stereocenters. The van der Waals surface area contributed by atoms with E-state index in [1.807, 2.05) is 0 Å². The van der Waals surface area contributed by atoms with Crippen molar-refractivity contribution in [1.82, 2.24) is 4.72 Å². The number of halogens is 1. The van der Waals surface area contributed by atoms with Gasteiger partial charge < -0.3 is 5.11 Å². The van der Waals surface area contributed by atoms with Crippen LogP contribution in [0.1, 0.15) is 12.8 Å². The van der Waals surface area contributed by atoms with Crippen LogP contribution in [0.4, 0.5) is 4.39 Å². The lowest BCUT2D eigenvalue weighted by Gasteiger charge is -2.08. The van der Waals surface area contributed by atoms with E-state index in [1.165, 1.54) is 18.2 Å². The smallest absolute Gasteiger partial charge is 0.240 e. The molecule has 118 valence electrons. The molecule has 2 aromatic rings. The summed E-state index contributed by atoms with van der Waals surface area (Å²) in [7, 11) is -3.58. The summed E-state index contributed by atoms with van der Waals surface area (Å²) >= 11 is 0. The number of nitrogens with one attached hydrogen (secondary N) is 1. The van der Waals surface area contributed by atoms with Crippen LogP contribution in [-0.2, 0) is 10.0 Å². The predicted molar refractivity (Wildman–Crippen MR) is 83.3 cm³/mol. The monoisotopic (exact) mass is 323 g/mol. The molecule has 22 heavy (non-hydrogen) atoms. The Balaban J connectivity index is 2.13. The molecule has 0 saturated carbocycles. The molecule has 2 rings (SSSR count). The van der Waals surface area contributed by atoms with Crippen LogP contribution < -0.4 is 4.72 Å². The molecule has 0 aliphatic rings. The van der Waals surface area contributed by atoms with E-state index in [1.54, 1.807) is 30.3 Å². The largest absolute Gasteiger partial charge is 0.396 e. The molecule has 0 radical (unpaired) electrons. The van der Waals surface area contributed by atoms with E-state index < -0.39 is 10.0 Å². The molecular formula is C16H18FNO3S. The minimum absolute atomic E-state index is 0.0407. The Kier molecular flexibility index (Phi) is 5.65. The van der Waals surface area contributed by atoms with E-state index in [0.717, 1.165) is 0 Å². The van der Waals surface area contributed by atoms with E-state index in [0.29, 0.717) is 24.0 Å². The minimum Gasteiger partial charge on any atom is -0.396 e. The topological polar surface area (TPSA) is 66.4 Å². The average Bonchev–Trinajstić information content (AvgIpc) is 2.52. The van der Waals surface area contributed by atoms with Gasteiger partial charge in [0.1, 0.15) is 5.82 Å². The zero-order valence-electron chi connectivity index (χ0n) is 12.0. The third kappa shape index (κ3) is 4.13. The maximum Gasteiger partial charge on any atom is 0.240 e. The first-order valence-electron chi connectivity index (χ1n) is 7.00. The van der Waals surface area contributed by atoms with Gasteiger partial charge in [0.25, 0.3) is 0 Å². The highest BCUT2D eigenvalue weighted by molar-refractivity contribution is 7.89. The molecule has 4 nitrogen and oxygen atoms in total. The maximum absolute atomic E-state index is 13.7. The van der Waals surface area contributed by atoms with Gasteiger partial charge in [-0.3, -0.25) is 0 Å². The molecule has 0 aliphatic carbocycles. The average molecular weight is 323 g/mol. The molecule has 0 aliphatic heterocycles. The van der Waals surface area contributed by atoms with E-state index in [2.05, 4.69) is 4.72 Å². The normalized spacial score (nSPS) is 11.5. The third-order valence-electron chi connectivity index (χ3n) is 3.23. The molecule has 6 heteroatoms. The van der Waals surface area contributed by atoms with Crippen LogP contribution >= 0.6 is 0 Å². The standard InChI is InChI=1S/C16H18FNO3S/c17-16-6-2-1-5-15(16)13-7-9-14(10-8-13)22(20,21)18-11-3-4-12-19/h1-2,5-10,18-19H,3-4,11-12H2. The van der Waals surface area contributed by atoms with Crippen molar-refractivity contribution in [3.05, 3.63) is 54.3 Å². The molecule has 0 spiro atoms. The van der Waals surface area contributed by atoms with Crippen molar-refractivity contribution in [2.45, 2.75) is 17.7 Å². The van der Waals surface area contributed by atoms with Crippen LogP contribution in [0.2, 0.25) is 0 Å². The summed E-state index contributed by atoms with van der Waals surface area (Å²) in [5.74, 6) is -0.347. The van der Waals surface area contributed by atoms with E-state index in [9.17, 15) is 12.8 Å². The number of sulfonamides is 1. The summed E-state index contributed by atoms with van der Waals surface area (Å²) in [4.78, 5) is 0.136. The third-order valence-corrected chi connectivity index (χ3v) is 4.70. The number of unbranched alkanes of at least 4 members (excludes halogenated alkanes) is 1. The summed E-state index contributed by atoms with van der Waals surface area (Å²) < 4.78 is 40.3. The van der Waals surface area contributed by atoms with Gasteiger partial charge in [-0.05, 0) is 36.6 Å². The van der Waals surface area contributed by atoms with Crippen LogP contribution in [0.25, 0.3) is 11.1 Å². The fourth-order valence-corrected chi connectivity index (χ4v) is 3.11. The summed E-state index contributed by atoms with van der Waals surface area (Å²) in [6.07, 6.45) is 1.12. The molecule has 0 saturated heterocycles. The van der Waals surface area contributed by atoms with Crippen LogP contribution in [0.15, 0.2) is 53.4 Å². The van der Waals surface area contributed by atoms with Gasteiger partial charge >= 0.3 is 0 Å². The second kappa shape index (κ2) is 7.49. The lowest BCUT2D eigenvalue weighted by molar-refractivity contribution is 0.285. The fourth-order valence-electron chi connectivity index (χ4n) is 2.04. The van der Waals surface area contributed by atoms with Crippen LogP contribution in [0.5, 0.6) is 0 Å². The van der Waals surface area contributed by atoms with Crippen molar-refractivity contribution in [3.8, 4) is 11.1 Å². The zero-order chi connectivity index (χ0) is 16.0. The lowest BCUT2D eigenvalue weighted by Crippen LogP contribution is -2.24. The first-order chi connectivity index (χ1) is 10.5. The summed E-state index contributed by atoms with van der Waals surface area (Å²) in [5.41, 5.74) is 1.06. The maximum atomic E-state index is 13.7.